The predicted molar refractivity (Wildman–Crippen MR) is 144 cm³/mol. The maximum atomic E-state index is 13.4. The van der Waals surface area contributed by atoms with Gasteiger partial charge in [0.05, 0.1) is 33.7 Å². The van der Waals surface area contributed by atoms with Gasteiger partial charge in [-0.05, 0) is 24.6 Å². The number of nitrogens with one attached hydrogen (secondary N) is 1. The molecule has 9 nitrogen and oxygen atoms in total. The molecule has 0 spiro atoms. The van der Waals surface area contributed by atoms with Gasteiger partial charge in [-0.1, -0.05) is 36.4 Å². The number of methoxy groups -OCH3 is 1. The molecular weight excluding hydrogens is 482 g/mol. The molecule has 0 radical (unpaired) electrons. The molecule has 1 fully saturated rings. The van der Waals surface area contributed by atoms with E-state index in [1.165, 1.54) is 0 Å². The van der Waals surface area contributed by atoms with Gasteiger partial charge in [0.25, 0.3) is 5.91 Å². The number of urea groups is 1. The quantitative estimate of drug-likeness (QED) is 0.373. The first-order chi connectivity index (χ1) is 18.4. The molecule has 3 aliphatic rings. The van der Waals surface area contributed by atoms with Gasteiger partial charge in [-0.15, -0.1) is 0 Å². The lowest BCUT2D eigenvalue weighted by atomic mass is 9.92. The Kier molecular flexibility index (Phi) is 4.08. The number of likely N-dealkylation sites (N-methyl/N-ethyl adjacent to an activating group) is 1. The first-order valence-electron chi connectivity index (χ1n) is 12.9. The van der Waals surface area contributed by atoms with Gasteiger partial charge in [0.1, 0.15) is 12.3 Å². The van der Waals surface area contributed by atoms with Crippen LogP contribution in [0.3, 0.4) is 0 Å². The van der Waals surface area contributed by atoms with E-state index >= 15 is 0 Å². The van der Waals surface area contributed by atoms with Crippen molar-refractivity contribution in [3.63, 3.8) is 0 Å². The molecule has 0 saturated carbocycles. The molecule has 0 unspecified atom stereocenters. The molecule has 3 amide bonds. The van der Waals surface area contributed by atoms with Crippen molar-refractivity contribution in [3.05, 3.63) is 59.7 Å². The van der Waals surface area contributed by atoms with E-state index in [4.69, 9.17) is 15.2 Å². The van der Waals surface area contributed by atoms with Crippen LogP contribution in [0.2, 0.25) is 0 Å². The van der Waals surface area contributed by atoms with Gasteiger partial charge in [-0.3, -0.25) is 4.79 Å². The number of ether oxygens (including phenoxy) is 2. The third kappa shape index (κ3) is 2.35. The summed E-state index contributed by atoms with van der Waals surface area (Å²) < 4.78 is 17.7. The van der Waals surface area contributed by atoms with E-state index in [-0.39, 0.29) is 11.9 Å². The minimum Gasteiger partial charge on any atom is -0.374 e. The Morgan fingerprint density at radius 2 is 1.79 bits per heavy atom. The zero-order valence-electron chi connectivity index (χ0n) is 21.3. The summed E-state index contributed by atoms with van der Waals surface area (Å²) in [7, 11) is 3.38. The number of aromatic nitrogens is 2. The highest BCUT2D eigenvalue weighted by Gasteiger charge is 2.54. The first-order valence-corrected chi connectivity index (χ1v) is 12.9. The third-order valence-electron chi connectivity index (χ3n) is 9.04. The zero-order chi connectivity index (χ0) is 26.1. The highest BCUT2D eigenvalue weighted by molar-refractivity contribution is 6.31. The molecule has 5 aromatic rings. The molecule has 1 saturated heterocycles. The number of fused-ring (bicyclic) bond motifs is 13. The van der Waals surface area contributed by atoms with E-state index in [1.807, 2.05) is 31.2 Å². The number of carbonyl (C=O) groups is 2. The van der Waals surface area contributed by atoms with Crippen molar-refractivity contribution < 1.29 is 19.1 Å². The molecule has 3 aromatic carbocycles. The van der Waals surface area contributed by atoms with Crippen molar-refractivity contribution in [3.8, 4) is 0 Å². The van der Waals surface area contributed by atoms with E-state index in [2.05, 4.69) is 38.7 Å². The van der Waals surface area contributed by atoms with Crippen molar-refractivity contribution in [1.82, 2.24) is 19.4 Å². The van der Waals surface area contributed by atoms with Crippen LogP contribution in [0, 0.1) is 0 Å². The summed E-state index contributed by atoms with van der Waals surface area (Å²) in [6.45, 7) is 2.51. The van der Waals surface area contributed by atoms with Gasteiger partial charge >= 0.3 is 6.03 Å². The van der Waals surface area contributed by atoms with Gasteiger partial charge < -0.3 is 34.6 Å². The summed E-state index contributed by atoms with van der Waals surface area (Å²) in [5, 5.41) is 7.15. The number of primary amides is 1. The molecule has 8 rings (SSSR count). The highest BCUT2D eigenvalue weighted by atomic mass is 16.6. The van der Waals surface area contributed by atoms with Crippen LogP contribution in [-0.2, 0) is 21.7 Å². The second-order valence-corrected chi connectivity index (χ2v) is 10.8. The van der Waals surface area contributed by atoms with Crippen LogP contribution < -0.4 is 11.1 Å². The summed E-state index contributed by atoms with van der Waals surface area (Å²) >= 11 is 0. The number of nitrogens with two attached hydrogens (primary N) is 1. The van der Waals surface area contributed by atoms with Gasteiger partial charge in [0, 0.05) is 48.7 Å². The van der Waals surface area contributed by atoms with Crippen molar-refractivity contribution in [2.24, 2.45) is 5.73 Å². The maximum absolute atomic E-state index is 13.4. The van der Waals surface area contributed by atoms with Crippen LogP contribution in [0.15, 0.2) is 48.5 Å². The normalized spacial score (nSPS) is 25.9. The summed E-state index contributed by atoms with van der Waals surface area (Å²) in [4.78, 5) is 27.4. The molecule has 2 aromatic heterocycles. The molecule has 4 atom stereocenters. The van der Waals surface area contributed by atoms with E-state index in [0.717, 1.165) is 54.7 Å². The van der Waals surface area contributed by atoms with Crippen molar-refractivity contribution >= 4 is 55.5 Å². The molecule has 3 N–H and O–H groups in total. The number of para-hydroxylation sites is 2. The Bertz CT molecular complexity index is 1890. The van der Waals surface area contributed by atoms with Crippen molar-refractivity contribution in [2.45, 2.75) is 44.0 Å². The Hall–Kier alpha value is -4.08. The largest absolute Gasteiger partial charge is 0.374 e. The Balaban J connectivity index is 1.66. The molecule has 2 bridgehead atoms. The Labute approximate surface area is 217 Å². The van der Waals surface area contributed by atoms with Crippen LogP contribution in [0.25, 0.3) is 43.6 Å². The van der Waals surface area contributed by atoms with Crippen LogP contribution in [0.4, 0.5) is 4.79 Å². The smallest absolute Gasteiger partial charge is 0.314 e. The second-order valence-electron chi connectivity index (χ2n) is 10.8. The Morgan fingerprint density at radius 1 is 1.11 bits per heavy atom. The lowest BCUT2D eigenvalue weighted by molar-refractivity contribution is -0.264. The molecule has 0 aliphatic carbocycles. The van der Waals surface area contributed by atoms with Gasteiger partial charge in [0.2, 0.25) is 0 Å². The second kappa shape index (κ2) is 7.06. The summed E-state index contributed by atoms with van der Waals surface area (Å²) in [6.07, 6.45) is -0.450. The fraction of sp³-hybridized carbons (Fsp3) is 0.310. The molecule has 9 heteroatoms. The average molecular weight is 510 g/mol. The monoisotopic (exact) mass is 509 g/mol. The van der Waals surface area contributed by atoms with E-state index in [0.29, 0.717) is 13.0 Å². The first kappa shape index (κ1) is 22.0. The average Bonchev–Trinajstić information content (AvgIpc) is 3.55. The number of rotatable bonds is 2. The fourth-order valence-corrected chi connectivity index (χ4v) is 7.56. The minimum atomic E-state index is -0.981. The predicted octanol–water partition coefficient (Wildman–Crippen LogP) is 4.15. The van der Waals surface area contributed by atoms with Crippen LogP contribution in [0.1, 0.15) is 35.5 Å². The SMILES string of the molecule is CO[C@H]1[C@@H](N(C)C(N)=O)C[C@@H]2O[C@@]1(C)n1c3ccccc3c3c4c(c5c6ccccc6n2c5c31)C(=O)NC4. The van der Waals surface area contributed by atoms with E-state index in [1.54, 1.807) is 19.1 Å². The third-order valence-corrected chi connectivity index (χ3v) is 9.04. The van der Waals surface area contributed by atoms with Crippen LogP contribution >= 0.6 is 0 Å². The van der Waals surface area contributed by atoms with Crippen molar-refractivity contribution in [2.75, 3.05) is 14.2 Å². The highest BCUT2D eigenvalue weighted by Crippen LogP contribution is 2.54. The van der Waals surface area contributed by atoms with Gasteiger partial charge in [-0.25, -0.2) is 4.79 Å². The number of hydrogen-bond donors (Lipinski definition) is 2. The Morgan fingerprint density at radius 3 is 2.50 bits per heavy atom. The summed E-state index contributed by atoms with van der Waals surface area (Å²) in [5.41, 5.74) is 10.5. The number of nitrogens with zero attached hydrogens (tertiary/aromatic N) is 3. The topological polar surface area (TPSA) is 104 Å². The van der Waals surface area contributed by atoms with Gasteiger partial charge in [-0.2, -0.15) is 0 Å². The number of amides is 3. The fourth-order valence-electron chi connectivity index (χ4n) is 7.56. The standard InChI is InChI=1S/C29H27N5O4/c1-29-26(37-3)19(32(2)28(30)36)12-20(38-29)33-17-10-6-4-8-14(17)22-23-16(13-31-27(23)35)21-15-9-5-7-11-18(15)34(29)25(21)24(22)33/h4-11,19-20,26H,12-13H2,1-3H3,(H2,30,36)(H,31,35)/t19-,20-,26-,29+/m0/s1. The van der Waals surface area contributed by atoms with Crippen LogP contribution in [-0.4, -0.2) is 52.3 Å². The maximum Gasteiger partial charge on any atom is 0.314 e. The van der Waals surface area contributed by atoms with E-state index in [9.17, 15) is 9.59 Å². The molecule has 38 heavy (non-hydrogen) atoms. The lowest BCUT2D eigenvalue weighted by Gasteiger charge is -2.50. The molecular formula is C29H27N5O4. The summed E-state index contributed by atoms with van der Waals surface area (Å²) in [5.74, 6) is -0.0536. The number of benzene rings is 3. The lowest BCUT2D eigenvalue weighted by Crippen LogP contribution is -2.62. The number of hydrogen-bond acceptors (Lipinski definition) is 4. The molecule has 192 valence electrons. The van der Waals surface area contributed by atoms with Crippen molar-refractivity contribution in [1.29, 1.82) is 0 Å². The molecule has 3 aliphatic heterocycles. The molecule has 5 heterocycles. The summed E-state index contributed by atoms with van der Waals surface area (Å²) in [6, 6.07) is 15.5. The van der Waals surface area contributed by atoms with Crippen LogP contribution in [0.5, 0.6) is 0 Å². The zero-order valence-corrected chi connectivity index (χ0v) is 21.3. The number of carbonyl (C=O) groups excluding carboxylic acids is 2. The van der Waals surface area contributed by atoms with E-state index < -0.39 is 24.1 Å². The van der Waals surface area contributed by atoms with Gasteiger partial charge in [0.15, 0.2) is 5.72 Å². The minimum absolute atomic E-state index is 0.0536.